The van der Waals surface area contributed by atoms with E-state index in [1.54, 1.807) is 0 Å². The lowest BCUT2D eigenvalue weighted by molar-refractivity contribution is -0.131. The van der Waals surface area contributed by atoms with Gasteiger partial charge < -0.3 is 21.7 Å². The lowest BCUT2D eigenvalue weighted by Gasteiger charge is -2.31. The van der Waals surface area contributed by atoms with Crippen LogP contribution in [0.15, 0.2) is 0 Å². The van der Waals surface area contributed by atoms with Gasteiger partial charge in [0.2, 0.25) is 5.91 Å². The molecule has 28 heavy (non-hydrogen) atoms. The number of carbonyl (C=O) groups excluding carboxylic acids is 1. The fourth-order valence-corrected chi connectivity index (χ4v) is 3.77. The molecule has 0 unspecified atom stereocenters. The van der Waals surface area contributed by atoms with E-state index < -0.39 is 0 Å². The van der Waals surface area contributed by atoms with Crippen LogP contribution in [0.25, 0.3) is 0 Å². The highest BCUT2D eigenvalue weighted by molar-refractivity contribution is 8.68. The zero-order valence-electron chi connectivity index (χ0n) is 18.8. The molecule has 0 atom stereocenters. The molecule has 1 amide bonds. The van der Waals surface area contributed by atoms with Crippen molar-refractivity contribution in [3.05, 3.63) is 0 Å². The normalized spacial score (nSPS) is 12.4. The summed E-state index contributed by atoms with van der Waals surface area (Å²) in [5.74, 6) is 0.980. The number of nitrogens with two attached hydrogens (primary N) is 2. The van der Waals surface area contributed by atoms with Crippen LogP contribution in [0, 0.1) is 0 Å². The Morgan fingerprint density at radius 3 is 2.04 bits per heavy atom. The Kier molecular flexibility index (Phi) is 15.9. The summed E-state index contributed by atoms with van der Waals surface area (Å²) in [5, 5.41) is 3.50. The fourth-order valence-electron chi connectivity index (χ4n) is 3.23. The van der Waals surface area contributed by atoms with Gasteiger partial charge in [-0.25, -0.2) is 0 Å². The van der Waals surface area contributed by atoms with E-state index in [4.69, 9.17) is 11.5 Å². The highest BCUT2D eigenvalue weighted by Crippen LogP contribution is 2.18. The molecule has 0 aromatic heterocycles. The van der Waals surface area contributed by atoms with Crippen molar-refractivity contribution in [3.8, 4) is 0 Å². The van der Waals surface area contributed by atoms with Gasteiger partial charge in [-0.1, -0.05) is 38.5 Å². The van der Waals surface area contributed by atoms with Crippen LogP contribution in [0.3, 0.4) is 0 Å². The molecule has 0 saturated heterocycles. The molecule has 0 aromatic rings. The lowest BCUT2D eigenvalue weighted by atomic mass is 9.90. The molecule has 0 radical (unpaired) electrons. The number of carbonyl (C=O) groups is 1. The van der Waals surface area contributed by atoms with Crippen LogP contribution in [-0.4, -0.2) is 53.8 Å². The molecule has 0 fully saturated rings. The number of unbranched alkanes of at least 4 members (excludes halogenated alkanes) is 1. The number of thiol groups is 1. The van der Waals surface area contributed by atoms with Gasteiger partial charge in [0.25, 0.3) is 0 Å². The van der Waals surface area contributed by atoms with Gasteiger partial charge in [-0.2, -0.15) is 0 Å². The average Bonchev–Trinajstić information content (AvgIpc) is 2.72. The first kappa shape index (κ1) is 28.1. The first-order valence-electron chi connectivity index (χ1n) is 11.1. The van der Waals surface area contributed by atoms with Crippen LogP contribution < -0.4 is 16.8 Å². The van der Waals surface area contributed by atoms with Gasteiger partial charge in [-0.05, 0) is 64.5 Å². The smallest absolute Gasteiger partial charge is 0.223 e. The minimum absolute atomic E-state index is 0.0332. The summed E-state index contributed by atoms with van der Waals surface area (Å²) in [6, 6.07) is 0. The van der Waals surface area contributed by atoms with Gasteiger partial charge in [0, 0.05) is 36.3 Å². The third-order valence-corrected chi connectivity index (χ3v) is 7.22. The number of hydrogen-bond acceptors (Lipinski definition) is 6. The molecule has 7 heteroatoms. The summed E-state index contributed by atoms with van der Waals surface area (Å²) in [6.07, 6.45) is 8.43. The molecule has 0 rings (SSSR count). The zero-order chi connectivity index (χ0) is 21.5. The second-order valence-electron chi connectivity index (χ2n) is 8.06. The first-order chi connectivity index (χ1) is 13.3. The molecule has 5 N–H and O–H groups in total. The lowest BCUT2D eigenvalue weighted by Crippen LogP contribution is -2.43. The highest BCUT2D eigenvalue weighted by atomic mass is 33.1. The Morgan fingerprint density at radius 2 is 1.50 bits per heavy atom. The standard InChI is InChI=1S/C21H46N4OS2/c1-5-20(22,6-2)12-15-24-14-9-10-16-25(19(26)11-18-28-27)17-13-21(23,7-3)8-4/h24,27H,5-18,22-23H2,1-4H3. The Morgan fingerprint density at radius 1 is 0.929 bits per heavy atom. The van der Waals surface area contributed by atoms with E-state index in [-0.39, 0.29) is 17.0 Å². The van der Waals surface area contributed by atoms with Gasteiger partial charge in [0.1, 0.15) is 0 Å². The number of hydrogen-bond donors (Lipinski definition) is 4. The van der Waals surface area contributed by atoms with Crippen molar-refractivity contribution in [2.75, 3.05) is 31.9 Å². The number of amides is 1. The summed E-state index contributed by atoms with van der Waals surface area (Å²) in [5.41, 5.74) is 12.6. The number of nitrogens with zero attached hydrogens (tertiary/aromatic N) is 1. The van der Waals surface area contributed by atoms with Crippen LogP contribution >= 0.6 is 22.5 Å². The van der Waals surface area contributed by atoms with E-state index in [0.29, 0.717) is 6.42 Å². The topological polar surface area (TPSA) is 84.4 Å². The minimum atomic E-state index is -0.161. The maximum absolute atomic E-state index is 12.5. The van der Waals surface area contributed by atoms with Gasteiger partial charge in [0.05, 0.1) is 0 Å². The molecule has 0 aliphatic carbocycles. The molecule has 5 nitrogen and oxygen atoms in total. The number of nitrogens with one attached hydrogen (secondary N) is 1. The van der Waals surface area contributed by atoms with Crippen molar-refractivity contribution in [3.63, 3.8) is 0 Å². The molecular formula is C21H46N4OS2. The fraction of sp³-hybridized carbons (Fsp3) is 0.952. The molecule has 0 heterocycles. The van der Waals surface area contributed by atoms with E-state index in [9.17, 15) is 4.79 Å². The molecule has 0 saturated carbocycles. The van der Waals surface area contributed by atoms with Crippen molar-refractivity contribution in [2.24, 2.45) is 11.5 Å². The molecule has 0 aliphatic heterocycles. The average molecular weight is 435 g/mol. The molecule has 0 spiro atoms. The second-order valence-corrected chi connectivity index (χ2v) is 9.50. The quantitative estimate of drug-likeness (QED) is 0.149. The largest absolute Gasteiger partial charge is 0.343 e. The van der Waals surface area contributed by atoms with Gasteiger partial charge in [0.15, 0.2) is 0 Å². The van der Waals surface area contributed by atoms with Crippen molar-refractivity contribution in [1.82, 2.24) is 10.2 Å². The molecule has 0 bridgehead atoms. The van der Waals surface area contributed by atoms with E-state index in [1.807, 2.05) is 4.90 Å². The predicted octanol–water partition coefficient (Wildman–Crippen LogP) is 3.97. The van der Waals surface area contributed by atoms with Crippen LogP contribution in [0.1, 0.15) is 85.5 Å². The Bertz CT molecular complexity index is 402. The van der Waals surface area contributed by atoms with E-state index in [2.05, 4.69) is 44.7 Å². The first-order valence-corrected chi connectivity index (χ1v) is 13.2. The van der Waals surface area contributed by atoms with Crippen LogP contribution in [0.4, 0.5) is 0 Å². The van der Waals surface area contributed by atoms with E-state index >= 15 is 0 Å². The number of rotatable bonds is 18. The maximum Gasteiger partial charge on any atom is 0.223 e. The molecule has 0 aromatic carbocycles. The summed E-state index contributed by atoms with van der Waals surface area (Å²) in [6.45, 7) is 12.1. The Labute approximate surface area is 183 Å². The van der Waals surface area contributed by atoms with Crippen molar-refractivity contribution in [2.45, 2.75) is 96.6 Å². The monoisotopic (exact) mass is 434 g/mol. The van der Waals surface area contributed by atoms with Crippen LogP contribution in [-0.2, 0) is 4.79 Å². The predicted molar refractivity (Wildman–Crippen MR) is 129 cm³/mol. The maximum atomic E-state index is 12.5. The zero-order valence-corrected chi connectivity index (χ0v) is 20.5. The van der Waals surface area contributed by atoms with Gasteiger partial charge >= 0.3 is 0 Å². The Hall–Kier alpha value is 0.0500. The van der Waals surface area contributed by atoms with E-state index in [0.717, 1.165) is 83.3 Å². The third kappa shape index (κ3) is 11.9. The van der Waals surface area contributed by atoms with Crippen LogP contribution in [0.5, 0.6) is 0 Å². The third-order valence-electron chi connectivity index (χ3n) is 6.29. The summed E-state index contributed by atoms with van der Waals surface area (Å²) in [7, 11) is 1.42. The molecule has 0 aliphatic rings. The van der Waals surface area contributed by atoms with E-state index in [1.165, 1.54) is 10.8 Å². The van der Waals surface area contributed by atoms with Gasteiger partial charge in [-0.15, -0.1) is 11.7 Å². The van der Waals surface area contributed by atoms with Gasteiger partial charge in [-0.3, -0.25) is 4.79 Å². The molecule has 168 valence electrons. The summed E-state index contributed by atoms with van der Waals surface area (Å²) >= 11 is 4.15. The highest BCUT2D eigenvalue weighted by Gasteiger charge is 2.23. The summed E-state index contributed by atoms with van der Waals surface area (Å²) < 4.78 is 0. The molecular weight excluding hydrogens is 388 g/mol. The Balaban J connectivity index is 4.28. The SMILES string of the molecule is CCC(N)(CC)CCNCCCCN(CCC(N)(CC)CC)C(=O)CCSS. The minimum Gasteiger partial charge on any atom is -0.343 e. The summed E-state index contributed by atoms with van der Waals surface area (Å²) in [4.78, 5) is 14.6. The van der Waals surface area contributed by atoms with Crippen molar-refractivity contribution in [1.29, 1.82) is 0 Å². The van der Waals surface area contributed by atoms with Crippen molar-refractivity contribution < 1.29 is 4.79 Å². The van der Waals surface area contributed by atoms with Crippen molar-refractivity contribution >= 4 is 28.4 Å². The van der Waals surface area contributed by atoms with Crippen LogP contribution in [0.2, 0.25) is 0 Å². The second kappa shape index (κ2) is 15.8.